The molecule has 0 saturated heterocycles. The molecule has 1 aromatic rings. The Labute approximate surface area is 99.2 Å². The van der Waals surface area contributed by atoms with Gasteiger partial charge in [0, 0.05) is 18.5 Å². The van der Waals surface area contributed by atoms with Crippen molar-refractivity contribution in [1.29, 1.82) is 0 Å². The molecule has 2 rings (SSSR count). The molecule has 0 bridgehead atoms. The molecule has 1 aliphatic heterocycles. The van der Waals surface area contributed by atoms with Crippen molar-refractivity contribution in [2.24, 2.45) is 0 Å². The Morgan fingerprint density at radius 1 is 1.53 bits per heavy atom. The normalized spacial score (nSPS) is 18.7. The first-order chi connectivity index (χ1) is 8.15. The molecule has 1 atom stereocenters. The number of fused-ring (bicyclic) bond motifs is 1. The fourth-order valence-electron chi connectivity index (χ4n) is 2.09. The molecule has 1 amide bonds. The van der Waals surface area contributed by atoms with Crippen molar-refractivity contribution in [3.05, 3.63) is 48.0 Å². The van der Waals surface area contributed by atoms with Crippen LogP contribution in [-0.2, 0) is 11.2 Å². The molecule has 88 valence electrons. The Hall–Kier alpha value is -2.10. The Morgan fingerprint density at radius 3 is 2.88 bits per heavy atom. The lowest BCUT2D eigenvalue weighted by molar-refractivity contribution is -0.142. The monoisotopic (exact) mass is 231 g/mol. The summed E-state index contributed by atoms with van der Waals surface area (Å²) in [5.74, 6) is -1.21. The van der Waals surface area contributed by atoms with E-state index < -0.39 is 12.0 Å². The molecule has 1 unspecified atom stereocenters. The second-order valence-corrected chi connectivity index (χ2v) is 3.96. The predicted molar refractivity (Wildman–Crippen MR) is 62.8 cm³/mol. The first-order valence-corrected chi connectivity index (χ1v) is 5.37. The Bertz CT molecular complexity index is 481. The zero-order valence-electron chi connectivity index (χ0n) is 9.30. The molecule has 1 heterocycles. The van der Waals surface area contributed by atoms with Crippen molar-refractivity contribution < 1.29 is 14.7 Å². The predicted octanol–water partition coefficient (Wildman–Crippen LogP) is 1.32. The molecule has 1 aromatic carbocycles. The summed E-state index contributed by atoms with van der Waals surface area (Å²) >= 11 is 0. The van der Waals surface area contributed by atoms with E-state index in [1.807, 2.05) is 6.07 Å². The third-order valence-electron chi connectivity index (χ3n) is 2.91. The fourth-order valence-corrected chi connectivity index (χ4v) is 2.09. The van der Waals surface area contributed by atoms with Crippen LogP contribution in [0, 0.1) is 0 Å². The Morgan fingerprint density at radius 2 is 2.24 bits per heavy atom. The third kappa shape index (κ3) is 1.93. The van der Waals surface area contributed by atoms with Crippen LogP contribution in [0.4, 0.5) is 0 Å². The van der Waals surface area contributed by atoms with Gasteiger partial charge in [-0.3, -0.25) is 4.79 Å². The summed E-state index contributed by atoms with van der Waals surface area (Å²) in [6, 6.07) is 6.33. The molecule has 0 aliphatic carbocycles. The first kappa shape index (κ1) is 11.4. The number of amides is 1. The number of aliphatic carboxylic acids is 1. The number of carboxylic acid groups (broad SMARTS) is 1. The maximum absolute atomic E-state index is 12.1. The summed E-state index contributed by atoms with van der Waals surface area (Å²) in [6.45, 7) is 3.81. The average molecular weight is 231 g/mol. The SMILES string of the molecule is C=CCN1C(=O)c2ccccc2CC1C(=O)O. The number of nitrogens with zero attached hydrogens (tertiary/aromatic N) is 1. The van der Waals surface area contributed by atoms with E-state index in [0.717, 1.165) is 5.56 Å². The van der Waals surface area contributed by atoms with Crippen LogP contribution in [0.3, 0.4) is 0 Å². The number of carboxylic acids is 1. The first-order valence-electron chi connectivity index (χ1n) is 5.37. The quantitative estimate of drug-likeness (QED) is 0.798. The summed E-state index contributed by atoms with van der Waals surface area (Å²) in [5, 5.41) is 9.15. The zero-order valence-corrected chi connectivity index (χ0v) is 9.30. The van der Waals surface area contributed by atoms with Crippen LogP contribution in [0.25, 0.3) is 0 Å². The average Bonchev–Trinajstić information content (AvgIpc) is 2.32. The molecule has 0 spiro atoms. The van der Waals surface area contributed by atoms with Crippen LogP contribution in [0.5, 0.6) is 0 Å². The van der Waals surface area contributed by atoms with Gasteiger partial charge in [0.2, 0.25) is 0 Å². The van der Waals surface area contributed by atoms with Gasteiger partial charge in [0.1, 0.15) is 6.04 Å². The number of hydrogen-bond acceptors (Lipinski definition) is 2. The maximum Gasteiger partial charge on any atom is 0.326 e. The summed E-state index contributed by atoms with van der Waals surface area (Å²) in [5.41, 5.74) is 1.39. The van der Waals surface area contributed by atoms with Gasteiger partial charge >= 0.3 is 5.97 Å². The Kier molecular flexibility index (Phi) is 2.95. The number of benzene rings is 1. The standard InChI is InChI=1S/C13H13NO3/c1-2-7-14-11(13(16)17)8-9-5-3-4-6-10(9)12(14)15/h2-6,11H,1,7-8H2,(H,16,17). The van der Waals surface area contributed by atoms with Crippen molar-refractivity contribution in [3.8, 4) is 0 Å². The van der Waals surface area contributed by atoms with Gasteiger partial charge in [-0.25, -0.2) is 4.79 Å². The maximum atomic E-state index is 12.1. The van der Waals surface area contributed by atoms with E-state index >= 15 is 0 Å². The van der Waals surface area contributed by atoms with Crippen molar-refractivity contribution in [3.63, 3.8) is 0 Å². The number of rotatable bonds is 3. The van der Waals surface area contributed by atoms with E-state index in [-0.39, 0.29) is 12.5 Å². The molecular weight excluding hydrogens is 218 g/mol. The number of hydrogen-bond donors (Lipinski definition) is 1. The van der Waals surface area contributed by atoms with Gasteiger partial charge in [-0.15, -0.1) is 6.58 Å². The van der Waals surface area contributed by atoms with E-state index in [0.29, 0.717) is 12.0 Å². The van der Waals surface area contributed by atoms with Crippen molar-refractivity contribution >= 4 is 11.9 Å². The second-order valence-electron chi connectivity index (χ2n) is 3.96. The number of carbonyl (C=O) groups is 2. The third-order valence-corrected chi connectivity index (χ3v) is 2.91. The van der Waals surface area contributed by atoms with E-state index in [2.05, 4.69) is 6.58 Å². The van der Waals surface area contributed by atoms with Gasteiger partial charge in [0.05, 0.1) is 0 Å². The minimum absolute atomic E-state index is 0.237. The highest BCUT2D eigenvalue weighted by Gasteiger charge is 2.35. The summed E-state index contributed by atoms with van der Waals surface area (Å²) in [7, 11) is 0. The van der Waals surface area contributed by atoms with Crippen LogP contribution in [-0.4, -0.2) is 34.5 Å². The minimum atomic E-state index is -0.977. The molecule has 4 nitrogen and oxygen atoms in total. The molecule has 4 heteroatoms. The van der Waals surface area contributed by atoms with E-state index in [1.54, 1.807) is 24.3 Å². The molecule has 0 radical (unpaired) electrons. The van der Waals surface area contributed by atoms with Crippen molar-refractivity contribution in [2.75, 3.05) is 6.54 Å². The van der Waals surface area contributed by atoms with Gasteiger partial charge in [-0.05, 0) is 11.6 Å². The molecule has 0 saturated carbocycles. The highest BCUT2D eigenvalue weighted by molar-refractivity contribution is 5.99. The molecule has 0 fully saturated rings. The Balaban J connectivity index is 2.44. The topological polar surface area (TPSA) is 57.6 Å². The van der Waals surface area contributed by atoms with E-state index in [1.165, 1.54) is 4.90 Å². The lowest BCUT2D eigenvalue weighted by Crippen LogP contribution is -2.49. The van der Waals surface area contributed by atoms with Gasteiger partial charge < -0.3 is 10.0 Å². The van der Waals surface area contributed by atoms with Gasteiger partial charge in [-0.1, -0.05) is 24.3 Å². The highest BCUT2D eigenvalue weighted by atomic mass is 16.4. The molecule has 0 aromatic heterocycles. The molecule has 1 aliphatic rings. The number of carbonyl (C=O) groups excluding carboxylic acids is 1. The smallest absolute Gasteiger partial charge is 0.326 e. The van der Waals surface area contributed by atoms with Crippen LogP contribution in [0.1, 0.15) is 15.9 Å². The van der Waals surface area contributed by atoms with Crippen molar-refractivity contribution in [1.82, 2.24) is 4.90 Å². The largest absolute Gasteiger partial charge is 0.480 e. The zero-order chi connectivity index (χ0) is 12.4. The van der Waals surface area contributed by atoms with Gasteiger partial charge in [0.15, 0.2) is 0 Å². The lowest BCUT2D eigenvalue weighted by Gasteiger charge is -2.33. The molecular formula is C13H13NO3. The van der Waals surface area contributed by atoms with Crippen molar-refractivity contribution in [2.45, 2.75) is 12.5 Å². The summed E-state index contributed by atoms with van der Waals surface area (Å²) in [6.07, 6.45) is 1.90. The molecule has 17 heavy (non-hydrogen) atoms. The summed E-state index contributed by atoms with van der Waals surface area (Å²) < 4.78 is 0. The van der Waals surface area contributed by atoms with E-state index in [4.69, 9.17) is 5.11 Å². The van der Waals surface area contributed by atoms with Gasteiger partial charge in [0.25, 0.3) is 5.91 Å². The van der Waals surface area contributed by atoms with Crippen LogP contribution >= 0.6 is 0 Å². The molecule has 1 N–H and O–H groups in total. The van der Waals surface area contributed by atoms with Crippen LogP contribution in [0.2, 0.25) is 0 Å². The fraction of sp³-hybridized carbons (Fsp3) is 0.231. The van der Waals surface area contributed by atoms with E-state index in [9.17, 15) is 9.59 Å². The van der Waals surface area contributed by atoms with Crippen LogP contribution < -0.4 is 0 Å². The highest BCUT2D eigenvalue weighted by Crippen LogP contribution is 2.23. The second kappa shape index (κ2) is 4.41. The summed E-state index contributed by atoms with van der Waals surface area (Å²) in [4.78, 5) is 24.6. The lowest BCUT2D eigenvalue weighted by atomic mass is 9.93. The van der Waals surface area contributed by atoms with Crippen LogP contribution in [0.15, 0.2) is 36.9 Å². The van der Waals surface area contributed by atoms with Gasteiger partial charge in [-0.2, -0.15) is 0 Å². The minimum Gasteiger partial charge on any atom is -0.480 e.